The molecule has 0 aliphatic carbocycles. The number of nitrogens with one attached hydrogen (secondary N) is 2. The van der Waals surface area contributed by atoms with Crippen molar-refractivity contribution < 1.29 is 24.5 Å². The summed E-state index contributed by atoms with van der Waals surface area (Å²) in [4.78, 5) is 23.1. The van der Waals surface area contributed by atoms with Gasteiger partial charge in [-0.05, 0) is 29.2 Å². The third-order valence-electron chi connectivity index (χ3n) is 4.38. The van der Waals surface area contributed by atoms with Crippen molar-refractivity contribution in [3.63, 3.8) is 0 Å². The largest absolute Gasteiger partial charge is 0.445 e. The molecule has 0 saturated carbocycles. The van der Waals surface area contributed by atoms with Gasteiger partial charge in [-0.25, -0.2) is 4.79 Å². The monoisotopic (exact) mass is 370 g/mol. The van der Waals surface area contributed by atoms with Gasteiger partial charge in [-0.2, -0.15) is 0 Å². The third kappa shape index (κ3) is 5.06. The van der Waals surface area contributed by atoms with Crippen LogP contribution in [0, 0.1) is 0 Å². The lowest BCUT2D eigenvalue weighted by molar-refractivity contribution is -0.115. The zero-order valence-corrected chi connectivity index (χ0v) is 14.7. The van der Waals surface area contributed by atoms with Gasteiger partial charge in [0.25, 0.3) is 0 Å². The van der Waals surface area contributed by atoms with Gasteiger partial charge in [0, 0.05) is 12.2 Å². The lowest BCUT2D eigenvalue weighted by Gasteiger charge is -2.19. The molecule has 1 aliphatic rings. The Bertz CT molecular complexity index is 809. The van der Waals surface area contributed by atoms with Crippen molar-refractivity contribution in [2.75, 3.05) is 11.9 Å². The average molecular weight is 370 g/mol. The normalized spacial score (nSPS) is 14.8. The number of anilines is 1. The van der Waals surface area contributed by atoms with Crippen molar-refractivity contribution in [3.05, 3.63) is 65.2 Å². The Morgan fingerprint density at radius 1 is 1.19 bits per heavy atom. The van der Waals surface area contributed by atoms with E-state index in [1.165, 1.54) is 0 Å². The van der Waals surface area contributed by atoms with E-state index in [9.17, 15) is 19.8 Å². The number of hydrogen-bond donors (Lipinski definition) is 4. The predicted octanol–water partition coefficient (Wildman–Crippen LogP) is 1.89. The second kappa shape index (κ2) is 8.66. The number of alkyl carbamates (subject to hydrolysis) is 1. The molecule has 7 nitrogen and oxygen atoms in total. The van der Waals surface area contributed by atoms with E-state index in [0.717, 1.165) is 16.8 Å². The van der Waals surface area contributed by atoms with Crippen LogP contribution in [0.5, 0.6) is 0 Å². The van der Waals surface area contributed by atoms with Crippen molar-refractivity contribution in [1.29, 1.82) is 0 Å². The summed E-state index contributed by atoms with van der Waals surface area (Å²) in [6.45, 7) is 0.330. The van der Waals surface area contributed by atoms with E-state index in [4.69, 9.17) is 4.74 Å². The summed E-state index contributed by atoms with van der Waals surface area (Å²) in [5, 5.41) is 25.7. The highest BCUT2D eigenvalue weighted by Crippen LogP contribution is 2.28. The van der Waals surface area contributed by atoms with Crippen LogP contribution >= 0.6 is 0 Å². The van der Waals surface area contributed by atoms with Crippen LogP contribution in [0.15, 0.2) is 48.5 Å². The molecule has 2 unspecified atom stereocenters. The average Bonchev–Trinajstić information content (AvgIpc) is 3.05. The van der Waals surface area contributed by atoms with Gasteiger partial charge < -0.3 is 25.6 Å². The molecule has 3 rings (SSSR count). The molecule has 27 heavy (non-hydrogen) atoms. The van der Waals surface area contributed by atoms with Crippen LogP contribution in [0.3, 0.4) is 0 Å². The Kier molecular flexibility index (Phi) is 6.05. The Balaban J connectivity index is 1.42. The highest BCUT2D eigenvalue weighted by Gasteiger charge is 2.23. The first-order valence-electron chi connectivity index (χ1n) is 8.76. The van der Waals surface area contributed by atoms with Crippen LogP contribution in [-0.2, 0) is 22.6 Å². The van der Waals surface area contributed by atoms with Crippen LogP contribution in [0.1, 0.15) is 29.2 Å². The molecule has 0 radical (unpaired) electrons. The maximum Gasteiger partial charge on any atom is 0.407 e. The topological polar surface area (TPSA) is 108 Å². The molecule has 142 valence electrons. The number of carbonyl (C=O) groups excluding carboxylic acids is 2. The van der Waals surface area contributed by atoms with Crippen molar-refractivity contribution in [3.8, 4) is 0 Å². The van der Waals surface area contributed by atoms with Crippen LogP contribution in [0.2, 0.25) is 0 Å². The molecule has 2 amide bonds. The molecule has 0 bridgehead atoms. The minimum Gasteiger partial charge on any atom is -0.445 e. The van der Waals surface area contributed by atoms with E-state index in [2.05, 4.69) is 10.6 Å². The number of ether oxygens (including phenoxy) is 1. The van der Waals surface area contributed by atoms with Crippen LogP contribution in [0.4, 0.5) is 10.5 Å². The predicted molar refractivity (Wildman–Crippen MR) is 99.0 cm³/mol. The summed E-state index contributed by atoms with van der Waals surface area (Å²) >= 11 is 0. The van der Waals surface area contributed by atoms with Gasteiger partial charge in [0.05, 0.1) is 12.5 Å². The molecule has 2 atom stereocenters. The van der Waals surface area contributed by atoms with Gasteiger partial charge in [0.15, 0.2) is 0 Å². The maximum atomic E-state index is 11.7. The Morgan fingerprint density at radius 2 is 1.96 bits per heavy atom. The smallest absolute Gasteiger partial charge is 0.407 e. The first-order chi connectivity index (χ1) is 13.0. The van der Waals surface area contributed by atoms with Gasteiger partial charge in [-0.15, -0.1) is 0 Å². The third-order valence-corrected chi connectivity index (χ3v) is 4.38. The first-order valence-corrected chi connectivity index (χ1v) is 8.76. The van der Waals surface area contributed by atoms with Crippen LogP contribution in [0.25, 0.3) is 0 Å². The number of benzene rings is 2. The molecule has 2 aromatic carbocycles. The van der Waals surface area contributed by atoms with E-state index in [1.54, 1.807) is 18.2 Å². The van der Waals surface area contributed by atoms with E-state index in [0.29, 0.717) is 5.56 Å². The quantitative estimate of drug-likeness (QED) is 0.595. The van der Waals surface area contributed by atoms with E-state index in [-0.39, 0.29) is 31.9 Å². The SMILES string of the molecule is O=C1Cc2cc(C(O)C(O)CCNC(=O)OCc3ccccc3)ccc2N1. The molecule has 4 N–H and O–H groups in total. The number of aliphatic hydroxyl groups excluding tert-OH is 2. The molecular weight excluding hydrogens is 348 g/mol. The Hall–Kier alpha value is -2.90. The molecule has 0 fully saturated rings. The minimum atomic E-state index is -1.10. The molecule has 1 heterocycles. The van der Waals surface area contributed by atoms with Crippen LogP contribution in [-0.4, -0.2) is 34.9 Å². The summed E-state index contributed by atoms with van der Waals surface area (Å²) in [5.74, 6) is -0.0876. The van der Waals surface area contributed by atoms with E-state index < -0.39 is 18.3 Å². The number of hydrogen-bond acceptors (Lipinski definition) is 5. The molecule has 1 aliphatic heterocycles. The number of aliphatic hydroxyl groups is 2. The summed E-state index contributed by atoms with van der Waals surface area (Å²) in [5.41, 5.74) is 2.94. The van der Waals surface area contributed by atoms with E-state index in [1.807, 2.05) is 30.3 Å². The molecule has 0 spiro atoms. The highest BCUT2D eigenvalue weighted by molar-refractivity contribution is 5.99. The molecular formula is C20H22N2O5. The lowest BCUT2D eigenvalue weighted by atomic mass is 9.99. The van der Waals surface area contributed by atoms with Gasteiger partial charge in [0.2, 0.25) is 5.91 Å². The fourth-order valence-electron chi connectivity index (χ4n) is 2.91. The summed E-state index contributed by atoms with van der Waals surface area (Å²) < 4.78 is 5.08. The number of fused-ring (bicyclic) bond motifs is 1. The zero-order chi connectivity index (χ0) is 19.2. The van der Waals surface area contributed by atoms with Crippen molar-refractivity contribution in [2.45, 2.75) is 31.7 Å². The number of amides is 2. The molecule has 7 heteroatoms. The summed E-state index contributed by atoms with van der Waals surface area (Å²) in [6.07, 6.45) is -2.31. The first kappa shape index (κ1) is 18.9. The Morgan fingerprint density at radius 3 is 2.74 bits per heavy atom. The van der Waals surface area contributed by atoms with Crippen molar-refractivity contribution >= 4 is 17.7 Å². The minimum absolute atomic E-state index is 0.0876. The van der Waals surface area contributed by atoms with Gasteiger partial charge >= 0.3 is 6.09 Å². The molecule has 0 aromatic heterocycles. The van der Waals surface area contributed by atoms with Gasteiger partial charge in [0.1, 0.15) is 12.7 Å². The fraction of sp³-hybridized carbons (Fsp3) is 0.300. The van der Waals surface area contributed by atoms with Crippen LogP contribution < -0.4 is 10.6 Å². The Labute approximate surface area is 157 Å². The molecule has 0 saturated heterocycles. The number of carbonyl (C=O) groups is 2. The fourth-order valence-corrected chi connectivity index (χ4v) is 2.91. The summed E-state index contributed by atoms with van der Waals surface area (Å²) in [7, 11) is 0. The highest BCUT2D eigenvalue weighted by atomic mass is 16.5. The van der Waals surface area contributed by atoms with Crippen molar-refractivity contribution in [1.82, 2.24) is 5.32 Å². The maximum absolute atomic E-state index is 11.7. The van der Waals surface area contributed by atoms with Gasteiger partial charge in [-0.3, -0.25) is 4.79 Å². The standard InChI is InChI=1S/C20H22N2O5/c23-17(8-9-21-20(26)27-12-13-4-2-1-3-5-13)19(25)14-6-7-16-15(10-14)11-18(24)22-16/h1-7,10,17,19,23,25H,8-9,11-12H2,(H,21,26)(H,22,24). The van der Waals surface area contributed by atoms with E-state index >= 15 is 0 Å². The second-order valence-electron chi connectivity index (χ2n) is 6.43. The zero-order valence-electron chi connectivity index (χ0n) is 14.7. The summed E-state index contributed by atoms with van der Waals surface area (Å²) in [6, 6.07) is 14.4. The van der Waals surface area contributed by atoms with Crippen molar-refractivity contribution in [2.24, 2.45) is 0 Å². The molecule has 2 aromatic rings. The van der Waals surface area contributed by atoms with Gasteiger partial charge in [-0.1, -0.05) is 42.5 Å². The number of rotatable bonds is 7. The lowest BCUT2D eigenvalue weighted by Crippen LogP contribution is -2.29. The second-order valence-corrected chi connectivity index (χ2v) is 6.43.